The lowest BCUT2D eigenvalue weighted by atomic mass is 10.0. The molecule has 190 valence electrons. The van der Waals surface area contributed by atoms with Crippen molar-refractivity contribution in [1.29, 1.82) is 0 Å². The monoisotopic (exact) mass is 490 g/mol. The number of rotatable bonds is 13. The molecule has 0 unspecified atom stereocenters. The molecular formula is C30H35FN2O3. The molecule has 0 fully saturated rings. The summed E-state index contributed by atoms with van der Waals surface area (Å²) in [6, 6.07) is 24.6. The minimum Gasteiger partial charge on any atom is -0.494 e. The summed E-state index contributed by atoms with van der Waals surface area (Å²) < 4.78 is 20.3. The summed E-state index contributed by atoms with van der Waals surface area (Å²) in [4.78, 5) is 28.5. The van der Waals surface area contributed by atoms with E-state index in [1.807, 2.05) is 74.5 Å². The topological polar surface area (TPSA) is 58.6 Å². The molecule has 0 aromatic heterocycles. The van der Waals surface area contributed by atoms with Gasteiger partial charge in [0.1, 0.15) is 17.6 Å². The number of carbonyl (C=O) groups is 2. The molecule has 0 radical (unpaired) electrons. The molecule has 6 heteroatoms. The highest BCUT2D eigenvalue weighted by Gasteiger charge is 2.31. The van der Waals surface area contributed by atoms with Crippen LogP contribution in [0.15, 0.2) is 84.9 Å². The number of nitrogens with one attached hydrogen (secondary N) is 1. The van der Waals surface area contributed by atoms with Crippen molar-refractivity contribution >= 4 is 11.8 Å². The van der Waals surface area contributed by atoms with Crippen LogP contribution >= 0.6 is 0 Å². The van der Waals surface area contributed by atoms with Crippen LogP contribution in [0, 0.1) is 5.82 Å². The van der Waals surface area contributed by atoms with Gasteiger partial charge in [-0.1, -0.05) is 73.7 Å². The van der Waals surface area contributed by atoms with Crippen LogP contribution in [0.5, 0.6) is 5.75 Å². The first kappa shape index (κ1) is 26.9. The third-order valence-electron chi connectivity index (χ3n) is 6.12. The number of nitrogens with zero attached hydrogens (tertiary/aromatic N) is 1. The number of amides is 2. The molecule has 0 aliphatic rings. The maximum Gasteiger partial charge on any atom is 0.243 e. The average Bonchev–Trinajstić information content (AvgIpc) is 2.90. The molecule has 0 aliphatic carbocycles. The Kier molecular flexibility index (Phi) is 10.5. The molecule has 3 aromatic carbocycles. The lowest BCUT2D eigenvalue weighted by Gasteiger charge is -2.32. The predicted octanol–water partition coefficient (Wildman–Crippen LogP) is 5.54. The van der Waals surface area contributed by atoms with Crippen LogP contribution in [0.25, 0.3) is 0 Å². The van der Waals surface area contributed by atoms with E-state index < -0.39 is 11.9 Å². The summed E-state index contributed by atoms with van der Waals surface area (Å²) in [5.41, 5.74) is 1.31. The van der Waals surface area contributed by atoms with E-state index in [-0.39, 0.29) is 30.8 Å². The zero-order valence-corrected chi connectivity index (χ0v) is 21.0. The zero-order valence-electron chi connectivity index (χ0n) is 21.0. The van der Waals surface area contributed by atoms with Crippen LogP contribution in [-0.4, -0.2) is 35.4 Å². The number of carbonyl (C=O) groups excluding carboxylic acids is 2. The van der Waals surface area contributed by atoms with Gasteiger partial charge in [-0.2, -0.15) is 0 Å². The molecule has 2 amide bonds. The standard InChI is InChI=1S/C30H35FN2O3/c1-3-23(2)32-30(35)28(21-24-13-6-4-7-14-24)33(22-25-15-10-11-18-27(25)31)29(34)19-12-20-36-26-16-8-5-9-17-26/h4-11,13-18,23,28H,3,12,19-22H2,1-2H3,(H,32,35)/t23-,28-/m0/s1. The molecule has 3 aromatic rings. The van der Waals surface area contributed by atoms with E-state index in [1.165, 1.54) is 11.0 Å². The summed E-state index contributed by atoms with van der Waals surface area (Å²) >= 11 is 0. The molecule has 36 heavy (non-hydrogen) atoms. The van der Waals surface area contributed by atoms with Gasteiger partial charge in [0.25, 0.3) is 0 Å². The number of hydrogen-bond donors (Lipinski definition) is 1. The van der Waals surface area contributed by atoms with Crippen molar-refractivity contribution in [2.24, 2.45) is 0 Å². The number of benzene rings is 3. The Morgan fingerprint density at radius 3 is 2.25 bits per heavy atom. The molecular weight excluding hydrogens is 455 g/mol. The van der Waals surface area contributed by atoms with Crippen LogP contribution in [0.4, 0.5) is 4.39 Å². The maximum atomic E-state index is 14.6. The second-order valence-electron chi connectivity index (χ2n) is 8.90. The van der Waals surface area contributed by atoms with Crippen LogP contribution in [0.1, 0.15) is 44.2 Å². The van der Waals surface area contributed by atoms with Gasteiger partial charge in [-0.05, 0) is 43.5 Å². The summed E-state index contributed by atoms with van der Waals surface area (Å²) in [6.07, 6.45) is 1.77. The van der Waals surface area contributed by atoms with Gasteiger partial charge in [-0.3, -0.25) is 9.59 Å². The van der Waals surface area contributed by atoms with Crippen molar-refractivity contribution in [2.45, 2.75) is 58.2 Å². The average molecular weight is 491 g/mol. The fraction of sp³-hybridized carbons (Fsp3) is 0.333. The van der Waals surface area contributed by atoms with Gasteiger partial charge >= 0.3 is 0 Å². The van der Waals surface area contributed by atoms with Crippen molar-refractivity contribution in [1.82, 2.24) is 10.2 Å². The van der Waals surface area contributed by atoms with Crippen molar-refractivity contribution in [3.63, 3.8) is 0 Å². The van der Waals surface area contributed by atoms with Crippen LogP contribution in [-0.2, 0) is 22.6 Å². The Balaban J connectivity index is 1.81. The smallest absolute Gasteiger partial charge is 0.243 e. The molecule has 0 saturated carbocycles. The van der Waals surface area contributed by atoms with Gasteiger partial charge in [-0.25, -0.2) is 4.39 Å². The van der Waals surface area contributed by atoms with Crippen LogP contribution in [0.3, 0.4) is 0 Å². The summed E-state index contributed by atoms with van der Waals surface area (Å²) in [5, 5.41) is 3.02. The Bertz CT molecular complexity index is 1090. The summed E-state index contributed by atoms with van der Waals surface area (Å²) in [7, 11) is 0. The Hall–Kier alpha value is -3.67. The molecule has 0 heterocycles. The zero-order chi connectivity index (χ0) is 25.8. The van der Waals surface area contributed by atoms with E-state index in [9.17, 15) is 14.0 Å². The van der Waals surface area contributed by atoms with Gasteiger partial charge in [0.05, 0.1) is 6.61 Å². The third kappa shape index (κ3) is 8.22. The molecule has 3 rings (SSSR count). The Morgan fingerprint density at radius 1 is 0.944 bits per heavy atom. The minimum atomic E-state index is -0.774. The lowest BCUT2D eigenvalue weighted by molar-refractivity contribution is -0.141. The third-order valence-corrected chi connectivity index (χ3v) is 6.12. The second kappa shape index (κ2) is 14.0. The van der Waals surface area contributed by atoms with Crippen molar-refractivity contribution < 1.29 is 18.7 Å². The van der Waals surface area contributed by atoms with Crippen molar-refractivity contribution in [2.75, 3.05) is 6.61 Å². The van der Waals surface area contributed by atoms with E-state index in [4.69, 9.17) is 4.74 Å². The fourth-order valence-corrected chi connectivity index (χ4v) is 3.88. The van der Waals surface area contributed by atoms with Crippen LogP contribution in [0.2, 0.25) is 0 Å². The van der Waals surface area contributed by atoms with E-state index in [2.05, 4.69) is 5.32 Å². The van der Waals surface area contributed by atoms with Gasteiger partial charge < -0.3 is 15.0 Å². The van der Waals surface area contributed by atoms with E-state index >= 15 is 0 Å². The second-order valence-corrected chi connectivity index (χ2v) is 8.90. The predicted molar refractivity (Wildman–Crippen MR) is 140 cm³/mol. The molecule has 0 saturated heterocycles. The number of para-hydroxylation sites is 1. The minimum absolute atomic E-state index is 0.0104. The van der Waals surface area contributed by atoms with Gasteiger partial charge in [0.15, 0.2) is 0 Å². The SMILES string of the molecule is CC[C@H](C)NC(=O)[C@H](Cc1ccccc1)N(Cc1ccccc1F)C(=O)CCCOc1ccccc1. The summed E-state index contributed by atoms with van der Waals surface area (Å²) in [6.45, 7) is 4.30. The number of ether oxygens (including phenoxy) is 1. The molecule has 2 atom stereocenters. The van der Waals surface area contributed by atoms with E-state index in [1.54, 1.807) is 18.2 Å². The van der Waals surface area contributed by atoms with Gasteiger partial charge in [-0.15, -0.1) is 0 Å². The highest BCUT2D eigenvalue weighted by Crippen LogP contribution is 2.19. The van der Waals surface area contributed by atoms with Crippen molar-refractivity contribution in [3.8, 4) is 5.75 Å². The molecule has 0 aliphatic heterocycles. The quantitative estimate of drug-likeness (QED) is 0.320. The Labute approximate surface area is 213 Å². The lowest BCUT2D eigenvalue weighted by Crippen LogP contribution is -2.52. The number of halogens is 1. The first-order valence-electron chi connectivity index (χ1n) is 12.5. The highest BCUT2D eigenvalue weighted by atomic mass is 19.1. The van der Waals surface area contributed by atoms with Crippen LogP contribution < -0.4 is 10.1 Å². The largest absolute Gasteiger partial charge is 0.494 e. The summed E-state index contributed by atoms with van der Waals surface area (Å²) in [5.74, 6) is -0.111. The first-order valence-corrected chi connectivity index (χ1v) is 12.5. The van der Waals surface area contributed by atoms with Crippen molar-refractivity contribution in [3.05, 3.63) is 102 Å². The normalized spacial score (nSPS) is 12.4. The highest BCUT2D eigenvalue weighted by molar-refractivity contribution is 5.88. The fourth-order valence-electron chi connectivity index (χ4n) is 3.88. The molecule has 0 spiro atoms. The first-order chi connectivity index (χ1) is 17.5. The maximum absolute atomic E-state index is 14.6. The Morgan fingerprint density at radius 2 is 1.58 bits per heavy atom. The number of hydrogen-bond acceptors (Lipinski definition) is 3. The molecule has 5 nitrogen and oxygen atoms in total. The van der Waals surface area contributed by atoms with Gasteiger partial charge in [0.2, 0.25) is 11.8 Å². The molecule has 0 bridgehead atoms. The van der Waals surface area contributed by atoms with E-state index in [0.29, 0.717) is 25.0 Å². The van der Waals surface area contributed by atoms with E-state index in [0.717, 1.165) is 17.7 Å². The molecule has 1 N–H and O–H groups in total. The van der Waals surface area contributed by atoms with Gasteiger partial charge in [0, 0.05) is 31.0 Å².